The molecule has 0 bridgehead atoms. The molecule has 0 heterocycles. The summed E-state index contributed by atoms with van der Waals surface area (Å²) in [5.41, 5.74) is 3.07. The van der Waals surface area contributed by atoms with E-state index < -0.39 is 11.6 Å². The molecule has 1 unspecified atom stereocenters. The van der Waals surface area contributed by atoms with Crippen molar-refractivity contribution in [2.24, 2.45) is 5.84 Å². The molecule has 0 aliphatic heterocycles. The van der Waals surface area contributed by atoms with Crippen LogP contribution >= 0.6 is 0 Å². The maximum Gasteiger partial charge on any atom is 0.130 e. The molecule has 0 saturated carbocycles. The molecule has 0 aliphatic rings. The Balaban J connectivity index is 2.32. The lowest BCUT2D eigenvalue weighted by molar-refractivity contribution is 0.454. The van der Waals surface area contributed by atoms with Crippen molar-refractivity contribution in [3.8, 4) is 0 Å². The van der Waals surface area contributed by atoms with Gasteiger partial charge in [0.1, 0.15) is 11.6 Å². The minimum atomic E-state index is -0.557. The van der Waals surface area contributed by atoms with Gasteiger partial charge < -0.3 is 0 Å². The van der Waals surface area contributed by atoms with Crippen LogP contribution in [0.3, 0.4) is 0 Å². The van der Waals surface area contributed by atoms with Crippen LogP contribution in [0.15, 0.2) is 18.2 Å². The smallest absolute Gasteiger partial charge is 0.130 e. The van der Waals surface area contributed by atoms with Gasteiger partial charge in [0.25, 0.3) is 0 Å². The predicted octanol–water partition coefficient (Wildman–Crippen LogP) is 4.61. The SMILES string of the molecule is CCCCCCCCCC(NN)c1ccc(F)cc1F. The zero-order valence-electron chi connectivity index (χ0n) is 12.3. The Hall–Kier alpha value is -1.00. The molecule has 0 spiro atoms. The summed E-state index contributed by atoms with van der Waals surface area (Å²) in [4.78, 5) is 0. The van der Waals surface area contributed by atoms with Crippen LogP contribution in [0.5, 0.6) is 0 Å². The summed E-state index contributed by atoms with van der Waals surface area (Å²) in [5.74, 6) is 4.39. The molecule has 0 saturated heterocycles. The molecule has 20 heavy (non-hydrogen) atoms. The van der Waals surface area contributed by atoms with Crippen molar-refractivity contribution in [3.05, 3.63) is 35.4 Å². The molecule has 0 aromatic heterocycles. The fourth-order valence-corrected chi connectivity index (χ4v) is 2.42. The Morgan fingerprint density at radius 2 is 1.70 bits per heavy atom. The third kappa shape index (κ3) is 5.97. The van der Waals surface area contributed by atoms with E-state index in [2.05, 4.69) is 12.3 Å². The molecule has 1 atom stereocenters. The van der Waals surface area contributed by atoms with E-state index >= 15 is 0 Å². The quantitative estimate of drug-likeness (QED) is 0.374. The molecular weight excluding hydrogens is 258 g/mol. The standard InChI is InChI=1S/C16H26F2N2/c1-2-3-4-5-6-7-8-9-16(20-19)14-11-10-13(17)12-15(14)18/h10-12,16,20H,2-9,19H2,1H3. The third-order valence-electron chi connectivity index (χ3n) is 3.64. The predicted molar refractivity (Wildman–Crippen MR) is 79.0 cm³/mol. The fourth-order valence-electron chi connectivity index (χ4n) is 2.42. The Morgan fingerprint density at radius 3 is 2.30 bits per heavy atom. The molecule has 1 rings (SSSR count). The number of benzene rings is 1. The monoisotopic (exact) mass is 284 g/mol. The second-order valence-corrected chi connectivity index (χ2v) is 5.30. The van der Waals surface area contributed by atoms with Gasteiger partial charge in [-0.2, -0.15) is 0 Å². The summed E-state index contributed by atoms with van der Waals surface area (Å²) in [6, 6.07) is 3.40. The van der Waals surface area contributed by atoms with Gasteiger partial charge in [0.2, 0.25) is 0 Å². The van der Waals surface area contributed by atoms with Crippen molar-refractivity contribution >= 4 is 0 Å². The lowest BCUT2D eigenvalue weighted by Crippen LogP contribution is -2.28. The molecule has 2 nitrogen and oxygen atoms in total. The number of nitrogens with one attached hydrogen (secondary N) is 1. The number of hydrazine groups is 1. The Labute approximate surface area is 120 Å². The molecule has 3 N–H and O–H groups in total. The van der Waals surface area contributed by atoms with Crippen LogP contribution in [0.2, 0.25) is 0 Å². The zero-order valence-corrected chi connectivity index (χ0v) is 12.3. The van der Waals surface area contributed by atoms with Crippen molar-refractivity contribution < 1.29 is 8.78 Å². The molecule has 114 valence electrons. The molecule has 0 fully saturated rings. The van der Waals surface area contributed by atoms with Gasteiger partial charge in [-0.15, -0.1) is 0 Å². The second-order valence-electron chi connectivity index (χ2n) is 5.30. The highest BCUT2D eigenvalue weighted by Crippen LogP contribution is 2.23. The topological polar surface area (TPSA) is 38.0 Å². The number of halogens is 2. The summed E-state index contributed by atoms with van der Waals surface area (Å²) >= 11 is 0. The third-order valence-corrected chi connectivity index (χ3v) is 3.64. The summed E-state index contributed by atoms with van der Waals surface area (Å²) in [6.45, 7) is 2.20. The van der Waals surface area contributed by atoms with Gasteiger partial charge in [-0.3, -0.25) is 11.3 Å². The zero-order chi connectivity index (χ0) is 14.8. The average Bonchev–Trinajstić information content (AvgIpc) is 2.43. The van der Waals surface area contributed by atoms with Crippen molar-refractivity contribution in [1.82, 2.24) is 5.43 Å². The summed E-state index contributed by atoms with van der Waals surface area (Å²) in [5, 5.41) is 0. The van der Waals surface area contributed by atoms with Crippen LogP contribution in [-0.2, 0) is 0 Å². The van der Waals surface area contributed by atoms with Gasteiger partial charge in [-0.25, -0.2) is 8.78 Å². The molecule has 1 aromatic rings. The van der Waals surface area contributed by atoms with E-state index in [9.17, 15) is 8.78 Å². The molecule has 1 aromatic carbocycles. The highest BCUT2D eigenvalue weighted by atomic mass is 19.1. The first kappa shape index (κ1) is 17.1. The van der Waals surface area contributed by atoms with Gasteiger partial charge in [-0.1, -0.05) is 57.9 Å². The van der Waals surface area contributed by atoms with Crippen LogP contribution < -0.4 is 11.3 Å². The lowest BCUT2D eigenvalue weighted by atomic mass is 9.99. The molecule has 0 radical (unpaired) electrons. The van der Waals surface area contributed by atoms with Gasteiger partial charge in [0, 0.05) is 17.7 Å². The summed E-state index contributed by atoms with van der Waals surface area (Å²) < 4.78 is 26.5. The number of hydrogen-bond donors (Lipinski definition) is 2. The maximum absolute atomic E-state index is 13.7. The average molecular weight is 284 g/mol. The normalized spacial score (nSPS) is 12.6. The van der Waals surface area contributed by atoms with E-state index in [-0.39, 0.29) is 6.04 Å². The van der Waals surface area contributed by atoms with Gasteiger partial charge in [0.05, 0.1) is 0 Å². The molecule has 0 aliphatic carbocycles. The van der Waals surface area contributed by atoms with Gasteiger partial charge in [-0.05, 0) is 12.5 Å². The number of nitrogens with two attached hydrogens (primary N) is 1. The van der Waals surface area contributed by atoms with Crippen molar-refractivity contribution in [1.29, 1.82) is 0 Å². The fraction of sp³-hybridized carbons (Fsp3) is 0.625. The first-order chi connectivity index (χ1) is 9.69. The lowest BCUT2D eigenvalue weighted by Gasteiger charge is -2.17. The minimum Gasteiger partial charge on any atom is -0.271 e. The first-order valence-electron chi connectivity index (χ1n) is 7.60. The van der Waals surface area contributed by atoms with E-state index in [1.807, 2.05) is 0 Å². The van der Waals surface area contributed by atoms with Crippen LogP contribution in [-0.4, -0.2) is 0 Å². The number of rotatable bonds is 10. The van der Waals surface area contributed by atoms with Crippen molar-refractivity contribution in [2.75, 3.05) is 0 Å². The van der Waals surface area contributed by atoms with Gasteiger partial charge >= 0.3 is 0 Å². The van der Waals surface area contributed by atoms with E-state index in [1.54, 1.807) is 0 Å². The molecule has 0 amide bonds. The van der Waals surface area contributed by atoms with E-state index in [0.29, 0.717) is 5.56 Å². The Bertz CT molecular complexity index is 383. The van der Waals surface area contributed by atoms with Gasteiger partial charge in [0.15, 0.2) is 0 Å². The summed E-state index contributed by atoms with van der Waals surface area (Å²) in [6.07, 6.45) is 9.22. The number of hydrogen-bond acceptors (Lipinski definition) is 2. The van der Waals surface area contributed by atoms with Crippen LogP contribution in [0, 0.1) is 11.6 Å². The molecular formula is C16H26F2N2. The second kappa shape index (κ2) is 9.83. The first-order valence-corrected chi connectivity index (χ1v) is 7.60. The largest absolute Gasteiger partial charge is 0.271 e. The van der Waals surface area contributed by atoms with E-state index in [0.717, 1.165) is 25.3 Å². The maximum atomic E-state index is 13.7. The summed E-state index contributed by atoms with van der Waals surface area (Å²) in [7, 11) is 0. The van der Waals surface area contributed by atoms with E-state index in [1.165, 1.54) is 44.2 Å². The van der Waals surface area contributed by atoms with E-state index in [4.69, 9.17) is 5.84 Å². The highest BCUT2D eigenvalue weighted by Gasteiger charge is 2.14. The highest BCUT2D eigenvalue weighted by molar-refractivity contribution is 5.21. The van der Waals surface area contributed by atoms with Crippen molar-refractivity contribution in [3.63, 3.8) is 0 Å². The molecule has 4 heteroatoms. The van der Waals surface area contributed by atoms with Crippen LogP contribution in [0.25, 0.3) is 0 Å². The Kier molecular flexibility index (Phi) is 8.38. The number of unbranched alkanes of at least 4 members (excludes halogenated alkanes) is 6. The van der Waals surface area contributed by atoms with Crippen molar-refractivity contribution in [2.45, 2.75) is 64.3 Å². The van der Waals surface area contributed by atoms with Crippen LogP contribution in [0.1, 0.15) is 69.9 Å². The minimum absolute atomic E-state index is 0.244. The van der Waals surface area contributed by atoms with Crippen LogP contribution in [0.4, 0.5) is 8.78 Å². The Morgan fingerprint density at radius 1 is 1.05 bits per heavy atom.